The molecule has 0 saturated carbocycles. The summed E-state index contributed by atoms with van der Waals surface area (Å²) < 4.78 is 0. The van der Waals surface area contributed by atoms with Gasteiger partial charge in [-0.15, -0.1) is 0 Å². The number of hydrogen-bond acceptors (Lipinski definition) is 2. The van der Waals surface area contributed by atoms with Crippen LogP contribution >= 0.6 is 0 Å². The number of rotatable bonds is 3. The molecule has 1 aromatic carbocycles. The highest BCUT2D eigenvalue weighted by molar-refractivity contribution is 5.67. The molecule has 0 fully saturated rings. The zero-order valence-corrected chi connectivity index (χ0v) is 21.2. The van der Waals surface area contributed by atoms with E-state index in [1.165, 1.54) is 33.8 Å². The summed E-state index contributed by atoms with van der Waals surface area (Å²) in [6.45, 7) is 21.7. The van der Waals surface area contributed by atoms with E-state index in [0.29, 0.717) is 5.92 Å². The smallest absolute Gasteiger partial charge is 0.0487 e. The van der Waals surface area contributed by atoms with Gasteiger partial charge in [0.2, 0.25) is 0 Å². The maximum Gasteiger partial charge on any atom is 0.0487 e. The van der Waals surface area contributed by atoms with Gasteiger partial charge in [-0.2, -0.15) is 0 Å². The Kier molecular flexibility index (Phi) is 6.60. The van der Waals surface area contributed by atoms with Gasteiger partial charge >= 0.3 is 0 Å². The fourth-order valence-electron chi connectivity index (χ4n) is 4.51. The van der Waals surface area contributed by atoms with Gasteiger partial charge in [-0.05, 0) is 78.5 Å². The second-order valence-electron chi connectivity index (χ2n) is 11.4. The maximum atomic E-state index is 3.43. The molecule has 1 unspecified atom stereocenters. The van der Waals surface area contributed by atoms with Crippen LogP contribution in [-0.4, -0.2) is 6.54 Å². The Bertz CT molecular complexity index is 942. The molecule has 1 N–H and O–H groups in total. The van der Waals surface area contributed by atoms with Crippen molar-refractivity contribution >= 4 is 5.69 Å². The van der Waals surface area contributed by atoms with Crippen LogP contribution in [0.5, 0.6) is 0 Å². The molecule has 2 nitrogen and oxygen atoms in total. The second-order valence-corrected chi connectivity index (χ2v) is 11.4. The Morgan fingerprint density at radius 1 is 0.968 bits per heavy atom. The summed E-state index contributed by atoms with van der Waals surface area (Å²) >= 11 is 0. The zero-order valence-electron chi connectivity index (χ0n) is 21.2. The van der Waals surface area contributed by atoms with E-state index in [1.54, 1.807) is 5.57 Å². The molecule has 0 aromatic heterocycles. The van der Waals surface area contributed by atoms with E-state index >= 15 is 0 Å². The monoisotopic (exact) mass is 418 g/mol. The minimum atomic E-state index is 0.151. The van der Waals surface area contributed by atoms with Crippen LogP contribution in [0.1, 0.15) is 79.4 Å². The highest BCUT2D eigenvalue weighted by Gasteiger charge is 2.27. The number of anilines is 1. The van der Waals surface area contributed by atoms with Crippen LogP contribution in [0.15, 0.2) is 65.2 Å². The zero-order chi connectivity index (χ0) is 23.0. The Balaban J connectivity index is 2.17. The molecule has 1 aliphatic carbocycles. The number of aryl methyl sites for hydroxylation is 1. The van der Waals surface area contributed by atoms with Gasteiger partial charge in [-0.25, -0.2) is 0 Å². The molecule has 1 aromatic rings. The number of allylic oxidation sites excluding steroid dienone is 5. The summed E-state index contributed by atoms with van der Waals surface area (Å²) in [5, 5.41) is 3.43. The van der Waals surface area contributed by atoms with Gasteiger partial charge in [0, 0.05) is 23.6 Å². The summed E-state index contributed by atoms with van der Waals surface area (Å²) in [5.41, 5.74) is 10.0. The normalized spacial score (nSPS) is 20.1. The molecule has 0 bridgehead atoms. The first-order valence-corrected chi connectivity index (χ1v) is 11.8. The Morgan fingerprint density at radius 2 is 1.68 bits per heavy atom. The van der Waals surface area contributed by atoms with Crippen molar-refractivity contribution in [1.29, 1.82) is 0 Å². The average molecular weight is 419 g/mol. The maximum absolute atomic E-state index is 3.43. The van der Waals surface area contributed by atoms with E-state index < -0.39 is 0 Å². The van der Waals surface area contributed by atoms with Crippen molar-refractivity contribution in [2.24, 2.45) is 11.3 Å². The second kappa shape index (κ2) is 8.73. The van der Waals surface area contributed by atoms with E-state index in [4.69, 9.17) is 0 Å². The molecule has 168 valence electrons. The minimum Gasteiger partial charge on any atom is -0.390 e. The molecule has 0 saturated heterocycles. The van der Waals surface area contributed by atoms with E-state index in [1.807, 2.05) is 0 Å². The van der Waals surface area contributed by atoms with Crippen LogP contribution in [0.25, 0.3) is 0 Å². The summed E-state index contributed by atoms with van der Waals surface area (Å²) in [7, 11) is 0. The first-order valence-electron chi connectivity index (χ1n) is 11.8. The summed E-state index contributed by atoms with van der Waals surface area (Å²) in [6.07, 6.45) is 11.4. The first kappa shape index (κ1) is 23.4. The molecule has 2 aliphatic rings. The lowest BCUT2D eigenvalue weighted by molar-refractivity contribution is 0.477. The average Bonchev–Trinajstić information content (AvgIpc) is 2.87. The summed E-state index contributed by atoms with van der Waals surface area (Å²) in [4.78, 5) is 2.52. The van der Waals surface area contributed by atoms with Crippen molar-refractivity contribution < 1.29 is 0 Å². The third kappa shape index (κ3) is 5.34. The van der Waals surface area contributed by atoms with Crippen LogP contribution in [0.3, 0.4) is 0 Å². The molecule has 0 spiro atoms. The number of nitrogens with one attached hydrogen (secondary N) is 1. The first-order chi connectivity index (χ1) is 14.4. The van der Waals surface area contributed by atoms with Crippen molar-refractivity contribution in [3.8, 4) is 0 Å². The van der Waals surface area contributed by atoms with E-state index in [0.717, 1.165) is 19.4 Å². The third-order valence-corrected chi connectivity index (χ3v) is 6.54. The Morgan fingerprint density at radius 3 is 2.26 bits per heavy atom. The van der Waals surface area contributed by atoms with E-state index in [2.05, 4.69) is 115 Å². The summed E-state index contributed by atoms with van der Waals surface area (Å²) in [5.74, 6) is 0.479. The van der Waals surface area contributed by atoms with Gasteiger partial charge in [0.05, 0.1) is 0 Å². The summed E-state index contributed by atoms with van der Waals surface area (Å²) in [6, 6.07) is 7.02. The van der Waals surface area contributed by atoms with Crippen LogP contribution in [-0.2, 0) is 5.41 Å². The van der Waals surface area contributed by atoms with Crippen molar-refractivity contribution in [3.05, 3.63) is 76.3 Å². The van der Waals surface area contributed by atoms with Gasteiger partial charge in [0.1, 0.15) is 0 Å². The van der Waals surface area contributed by atoms with Gasteiger partial charge < -0.3 is 10.2 Å². The van der Waals surface area contributed by atoms with Crippen LogP contribution in [0.2, 0.25) is 0 Å². The fraction of sp³-hybridized carbons (Fsp3) is 0.517. The molecule has 31 heavy (non-hydrogen) atoms. The molecule has 0 amide bonds. The van der Waals surface area contributed by atoms with Crippen LogP contribution in [0, 0.1) is 18.3 Å². The lowest BCUT2D eigenvalue weighted by Crippen LogP contribution is -2.26. The lowest BCUT2D eigenvalue weighted by atomic mass is 9.79. The molecular weight excluding hydrogens is 376 g/mol. The number of benzene rings is 1. The molecule has 3 rings (SSSR count). The minimum absolute atomic E-state index is 0.151. The predicted molar refractivity (Wildman–Crippen MR) is 136 cm³/mol. The molecule has 1 aliphatic heterocycles. The Hall–Kier alpha value is -2.22. The van der Waals surface area contributed by atoms with Crippen LogP contribution < -0.4 is 10.2 Å². The largest absolute Gasteiger partial charge is 0.390 e. The predicted octanol–water partition coefficient (Wildman–Crippen LogP) is 7.78. The lowest BCUT2D eigenvalue weighted by Gasteiger charge is -2.36. The quantitative estimate of drug-likeness (QED) is 0.539. The molecule has 1 atom stereocenters. The standard InChI is InChI=1S/C29H42N2/c1-20-16-25(14-15-30-19-20)31(26-12-10-23(17-21(26)2)28(4,5)6)27-13-11-24(18-22(27)3)29(7,8)9/h10,12,14-18,20,30H,11,13,19H2,1-9H3. The van der Waals surface area contributed by atoms with Crippen molar-refractivity contribution in [3.63, 3.8) is 0 Å². The number of nitrogens with zero attached hydrogens (tertiary/aromatic N) is 1. The topological polar surface area (TPSA) is 15.3 Å². The van der Waals surface area contributed by atoms with Gasteiger partial charge in [0.15, 0.2) is 0 Å². The molecular formula is C29H42N2. The fourth-order valence-corrected chi connectivity index (χ4v) is 4.51. The molecule has 1 heterocycles. The van der Waals surface area contributed by atoms with Gasteiger partial charge in [-0.3, -0.25) is 0 Å². The highest BCUT2D eigenvalue weighted by Crippen LogP contribution is 2.41. The van der Waals surface area contributed by atoms with Crippen molar-refractivity contribution in [2.45, 2.75) is 80.6 Å². The molecule has 0 radical (unpaired) electrons. The van der Waals surface area contributed by atoms with E-state index in [9.17, 15) is 0 Å². The highest BCUT2D eigenvalue weighted by atomic mass is 15.2. The SMILES string of the molecule is CC1=C(N(C2=CC(C)CNC=C2)c2ccc(C(C)(C)C)cc2C)CCC(C(C)(C)C)=C1. The Labute approximate surface area is 190 Å². The number of hydrogen-bond donors (Lipinski definition) is 1. The van der Waals surface area contributed by atoms with Gasteiger partial charge in [0.25, 0.3) is 0 Å². The van der Waals surface area contributed by atoms with E-state index in [-0.39, 0.29) is 10.8 Å². The van der Waals surface area contributed by atoms with Crippen molar-refractivity contribution in [1.82, 2.24) is 5.32 Å². The third-order valence-electron chi connectivity index (χ3n) is 6.54. The van der Waals surface area contributed by atoms with Crippen LogP contribution in [0.4, 0.5) is 5.69 Å². The van der Waals surface area contributed by atoms with Crippen molar-refractivity contribution in [2.75, 3.05) is 11.4 Å². The molecule has 2 heteroatoms. The van der Waals surface area contributed by atoms with Gasteiger partial charge in [-0.1, -0.05) is 78.3 Å².